The highest BCUT2D eigenvalue weighted by atomic mass is 32.2. The third-order valence-corrected chi connectivity index (χ3v) is 3.55. The second-order valence-electron chi connectivity index (χ2n) is 3.91. The first-order valence-corrected chi connectivity index (χ1v) is 6.66. The molecule has 9 heteroatoms. The fraction of sp³-hybridized carbons (Fsp3) is 0.182. The molecule has 5 nitrogen and oxygen atoms in total. The number of hydrogen-bond donors (Lipinski definition) is 0. The molecule has 0 amide bonds. The van der Waals surface area contributed by atoms with Gasteiger partial charge in [-0.2, -0.15) is 21.6 Å². The molecular formula is C11H8F3NO4S. The lowest BCUT2D eigenvalue weighted by Crippen LogP contribution is -2.29. The number of halogens is 3. The van der Waals surface area contributed by atoms with Crippen LogP contribution < -0.4 is 9.74 Å². The molecule has 0 aliphatic carbocycles. The van der Waals surface area contributed by atoms with Gasteiger partial charge in [-0.25, -0.2) is 0 Å². The molecule has 0 saturated heterocycles. The van der Waals surface area contributed by atoms with Crippen LogP contribution in [-0.2, 0) is 10.1 Å². The molecule has 20 heavy (non-hydrogen) atoms. The van der Waals surface area contributed by atoms with Gasteiger partial charge in [0, 0.05) is 17.8 Å². The van der Waals surface area contributed by atoms with Crippen LogP contribution in [0.25, 0.3) is 5.52 Å². The van der Waals surface area contributed by atoms with Crippen LogP contribution in [0, 0.1) is 6.92 Å². The van der Waals surface area contributed by atoms with E-state index >= 15 is 0 Å². The van der Waals surface area contributed by atoms with Gasteiger partial charge in [0.05, 0.1) is 5.52 Å². The van der Waals surface area contributed by atoms with Crippen LogP contribution in [-0.4, -0.2) is 18.3 Å². The maximum Gasteiger partial charge on any atom is 0.534 e. The normalized spacial score (nSPS) is 12.6. The van der Waals surface area contributed by atoms with Crippen LogP contribution >= 0.6 is 0 Å². The average Bonchev–Trinajstić information content (AvgIpc) is 2.34. The van der Waals surface area contributed by atoms with Crippen LogP contribution in [0.15, 0.2) is 35.3 Å². The summed E-state index contributed by atoms with van der Waals surface area (Å²) in [4.78, 5) is 11.7. The van der Waals surface area contributed by atoms with E-state index in [0.29, 0.717) is 6.07 Å². The third-order valence-electron chi connectivity index (χ3n) is 2.59. The van der Waals surface area contributed by atoms with Crippen LogP contribution in [0.3, 0.4) is 0 Å². The SMILES string of the molecule is Cc1c(OS(=O)(=O)C(F)(F)F)cc(=O)n2ccccc12. The molecule has 0 aliphatic heterocycles. The van der Waals surface area contributed by atoms with Crippen molar-refractivity contribution >= 4 is 15.6 Å². The summed E-state index contributed by atoms with van der Waals surface area (Å²) >= 11 is 0. The molecule has 0 saturated carbocycles. The number of fused-ring (bicyclic) bond motifs is 1. The van der Waals surface area contributed by atoms with Crippen molar-refractivity contribution in [2.75, 3.05) is 0 Å². The highest BCUT2D eigenvalue weighted by Crippen LogP contribution is 2.29. The standard InChI is InChI=1S/C11H8F3NO4S/c1-7-8-4-2-3-5-15(8)10(16)6-9(7)19-20(17,18)11(12,13)14/h2-6H,1H3. The largest absolute Gasteiger partial charge is 0.534 e. The molecule has 108 valence electrons. The topological polar surface area (TPSA) is 64.9 Å². The van der Waals surface area contributed by atoms with Crippen LogP contribution in [0.4, 0.5) is 13.2 Å². The lowest BCUT2D eigenvalue weighted by Gasteiger charge is -2.12. The Bertz CT molecular complexity index is 824. The summed E-state index contributed by atoms with van der Waals surface area (Å²) in [6.45, 7) is 1.36. The smallest absolute Gasteiger partial charge is 0.375 e. The fourth-order valence-corrected chi connectivity index (χ4v) is 2.11. The minimum absolute atomic E-state index is 0.109. The van der Waals surface area contributed by atoms with Crippen molar-refractivity contribution in [3.05, 3.63) is 46.4 Å². The Balaban J connectivity index is 2.64. The fourth-order valence-electron chi connectivity index (χ4n) is 1.61. The average molecular weight is 307 g/mol. The van der Waals surface area contributed by atoms with Gasteiger partial charge in [-0.05, 0) is 19.1 Å². The van der Waals surface area contributed by atoms with E-state index in [9.17, 15) is 26.4 Å². The molecule has 2 heterocycles. The van der Waals surface area contributed by atoms with E-state index in [4.69, 9.17) is 0 Å². The molecule has 2 aromatic heterocycles. The van der Waals surface area contributed by atoms with E-state index in [-0.39, 0.29) is 11.1 Å². The number of aryl methyl sites for hydroxylation is 1. The maximum atomic E-state index is 12.3. The molecule has 0 bridgehead atoms. The number of rotatable bonds is 2. The second kappa shape index (κ2) is 4.51. The van der Waals surface area contributed by atoms with Crippen molar-refractivity contribution < 1.29 is 25.8 Å². The summed E-state index contributed by atoms with van der Waals surface area (Å²) in [5.41, 5.74) is -5.88. The van der Waals surface area contributed by atoms with Crippen molar-refractivity contribution in [3.63, 3.8) is 0 Å². The Morgan fingerprint density at radius 3 is 2.50 bits per heavy atom. The van der Waals surface area contributed by atoms with Gasteiger partial charge in [0.2, 0.25) is 0 Å². The molecule has 2 rings (SSSR count). The molecule has 2 aromatic rings. The van der Waals surface area contributed by atoms with E-state index in [0.717, 1.165) is 0 Å². The van der Waals surface area contributed by atoms with E-state index < -0.39 is 26.9 Å². The third kappa shape index (κ3) is 2.36. The summed E-state index contributed by atoms with van der Waals surface area (Å²) in [5.74, 6) is -0.640. The summed E-state index contributed by atoms with van der Waals surface area (Å²) in [5, 5.41) is 0. The Kier molecular flexibility index (Phi) is 3.24. The Morgan fingerprint density at radius 1 is 1.25 bits per heavy atom. The summed E-state index contributed by atoms with van der Waals surface area (Å²) in [7, 11) is -5.81. The van der Waals surface area contributed by atoms with Gasteiger partial charge in [0.1, 0.15) is 0 Å². The highest BCUT2D eigenvalue weighted by Gasteiger charge is 2.48. The first kappa shape index (κ1) is 14.4. The lowest BCUT2D eigenvalue weighted by atomic mass is 10.2. The maximum absolute atomic E-state index is 12.3. The second-order valence-corrected chi connectivity index (χ2v) is 5.45. The predicted octanol–water partition coefficient (Wildman–Crippen LogP) is 1.84. The number of pyridine rings is 2. The van der Waals surface area contributed by atoms with Gasteiger partial charge in [-0.15, -0.1) is 0 Å². The number of aromatic nitrogens is 1. The van der Waals surface area contributed by atoms with Crippen LogP contribution in [0.5, 0.6) is 5.75 Å². The van der Waals surface area contributed by atoms with Crippen LogP contribution in [0.1, 0.15) is 5.56 Å². The monoisotopic (exact) mass is 307 g/mol. The zero-order valence-electron chi connectivity index (χ0n) is 10.0. The quantitative estimate of drug-likeness (QED) is 0.627. The molecule has 0 unspecified atom stereocenters. The highest BCUT2D eigenvalue weighted by molar-refractivity contribution is 7.88. The van der Waals surface area contributed by atoms with Gasteiger partial charge in [-0.1, -0.05) is 6.07 Å². The molecule has 0 aliphatic rings. The van der Waals surface area contributed by atoms with Crippen molar-refractivity contribution in [2.24, 2.45) is 0 Å². The predicted molar refractivity (Wildman–Crippen MR) is 64.0 cm³/mol. The van der Waals surface area contributed by atoms with E-state index in [1.807, 2.05) is 0 Å². The van der Waals surface area contributed by atoms with E-state index in [1.54, 1.807) is 12.1 Å². The van der Waals surface area contributed by atoms with Gasteiger partial charge >= 0.3 is 15.6 Å². The molecule has 0 atom stereocenters. The van der Waals surface area contributed by atoms with Crippen molar-refractivity contribution in [2.45, 2.75) is 12.4 Å². The summed E-state index contributed by atoms with van der Waals surface area (Å²) < 4.78 is 63.9. The summed E-state index contributed by atoms with van der Waals surface area (Å²) in [6, 6.07) is 5.28. The van der Waals surface area contributed by atoms with Crippen molar-refractivity contribution in [3.8, 4) is 5.75 Å². The molecular weight excluding hydrogens is 299 g/mol. The number of hydrogen-bond acceptors (Lipinski definition) is 4. The lowest BCUT2D eigenvalue weighted by molar-refractivity contribution is -0.0500. The Morgan fingerprint density at radius 2 is 1.90 bits per heavy atom. The van der Waals surface area contributed by atoms with Gasteiger partial charge < -0.3 is 4.18 Å². The molecule has 0 spiro atoms. The first-order chi connectivity index (χ1) is 9.13. The minimum atomic E-state index is -5.81. The van der Waals surface area contributed by atoms with E-state index in [1.165, 1.54) is 23.6 Å². The Hall–Kier alpha value is -2.03. The molecule has 0 N–H and O–H groups in total. The van der Waals surface area contributed by atoms with E-state index in [2.05, 4.69) is 4.18 Å². The number of alkyl halides is 3. The number of nitrogens with zero attached hydrogens (tertiary/aromatic N) is 1. The van der Waals surface area contributed by atoms with Crippen molar-refractivity contribution in [1.29, 1.82) is 0 Å². The van der Waals surface area contributed by atoms with Crippen molar-refractivity contribution in [1.82, 2.24) is 4.40 Å². The summed E-state index contributed by atoms with van der Waals surface area (Å²) in [6.07, 6.45) is 1.41. The Labute approximate surface area is 111 Å². The molecule has 0 aromatic carbocycles. The zero-order valence-corrected chi connectivity index (χ0v) is 10.8. The van der Waals surface area contributed by atoms with Gasteiger partial charge in [0.25, 0.3) is 5.56 Å². The van der Waals surface area contributed by atoms with Gasteiger partial charge in [-0.3, -0.25) is 9.20 Å². The first-order valence-electron chi connectivity index (χ1n) is 5.25. The minimum Gasteiger partial charge on any atom is -0.375 e. The molecule has 0 fully saturated rings. The van der Waals surface area contributed by atoms with Gasteiger partial charge in [0.15, 0.2) is 5.75 Å². The zero-order chi connectivity index (χ0) is 15.1. The molecule has 0 radical (unpaired) electrons. The van der Waals surface area contributed by atoms with Crippen LogP contribution in [0.2, 0.25) is 0 Å².